The Morgan fingerprint density at radius 3 is 2.52 bits per heavy atom. The predicted molar refractivity (Wildman–Crippen MR) is 72.2 cm³/mol. The van der Waals surface area contributed by atoms with Gasteiger partial charge in [0.2, 0.25) is 5.91 Å². The summed E-state index contributed by atoms with van der Waals surface area (Å²) in [4.78, 5) is 11.8. The van der Waals surface area contributed by atoms with Crippen LogP contribution in [0.5, 0.6) is 0 Å². The molecule has 0 bridgehead atoms. The Morgan fingerprint density at radius 1 is 1.38 bits per heavy atom. The largest absolute Gasteiger partial charge is 0.320 e. The lowest BCUT2D eigenvalue weighted by Gasteiger charge is -2.13. The summed E-state index contributed by atoms with van der Waals surface area (Å²) in [5.41, 5.74) is 5.18. The summed E-state index contributed by atoms with van der Waals surface area (Å²) < 4.78 is 28.1. The summed E-state index contributed by atoms with van der Waals surface area (Å²) in [6.45, 7) is 3.27. The third-order valence-corrected chi connectivity index (χ3v) is 2.73. The Labute approximate surface area is 119 Å². The van der Waals surface area contributed by atoms with Crippen molar-refractivity contribution < 1.29 is 13.6 Å². The molecule has 0 saturated heterocycles. The first-order valence-corrected chi connectivity index (χ1v) is 6.21. The van der Waals surface area contributed by atoms with Crippen LogP contribution in [0.2, 0.25) is 0 Å². The second-order valence-electron chi connectivity index (χ2n) is 5.17. The number of carbonyl (C=O) groups excluding carboxylic acids is 1. The molecule has 8 heteroatoms. The Bertz CT molecular complexity index is 643. The van der Waals surface area contributed by atoms with Crippen LogP contribution >= 0.6 is 0 Å². The maximum Gasteiger partial charge on any atom is 0.246 e. The van der Waals surface area contributed by atoms with Crippen molar-refractivity contribution in [3.05, 3.63) is 41.7 Å². The summed E-state index contributed by atoms with van der Waals surface area (Å²) in [6.07, 6.45) is 1.51. The van der Waals surface area contributed by atoms with Crippen LogP contribution in [0.3, 0.4) is 0 Å². The van der Waals surface area contributed by atoms with Crippen molar-refractivity contribution in [3.63, 3.8) is 0 Å². The van der Waals surface area contributed by atoms with Gasteiger partial charge in [0.05, 0.1) is 11.7 Å². The van der Waals surface area contributed by atoms with Crippen LogP contribution < -0.4 is 11.1 Å². The van der Waals surface area contributed by atoms with Gasteiger partial charge in [0.25, 0.3) is 0 Å². The molecule has 3 N–H and O–H groups in total. The lowest BCUT2D eigenvalue weighted by atomic mass is 10.0. The van der Waals surface area contributed by atoms with E-state index in [9.17, 15) is 13.6 Å². The highest BCUT2D eigenvalue weighted by atomic mass is 19.1. The highest BCUT2D eigenvalue weighted by molar-refractivity contribution is 5.90. The molecular formula is C13H15F2N5O. The van der Waals surface area contributed by atoms with Gasteiger partial charge in [-0.1, -0.05) is 11.3 Å². The maximum absolute atomic E-state index is 13.4. The number of nitrogens with two attached hydrogens (primary N) is 1. The number of nitrogens with one attached hydrogen (secondary N) is 1. The first-order chi connectivity index (χ1) is 9.77. The SMILES string of the molecule is CC(C)(N)c1cn(CC(=O)Nc2c(F)cccc2F)nn1. The summed E-state index contributed by atoms with van der Waals surface area (Å²) >= 11 is 0. The van der Waals surface area contributed by atoms with Crippen LogP contribution in [0.25, 0.3) is 0 Å². The Hall–Kier alpha value is -2.35. The van der Waals surface area contributed by atoms with Gasteiger partial charge in [-0.2, -0.15) is 0 Å². The summed E-state index contributed by atoms with van der Waals surface area (Å²) in [5.74, 6) is -2.30. The number of para-hydroxylation sites is 1. The van der Waals surface area contributed by atoms with Gasteiger partial charge in [-0.05, 0) is 26.0 Å². The number of hydrogen-bond donors (Lipinski definition) is 2. The third-order valence-electron chi connectivity index (χ3n) is 2.73. The molecule has 0 unspecified atom stereocenters. The van der Waals surface area contributed by atoms with E-state index in [-0.39, 0.29) is 6.54 Å². The summed E-state index contributed by atoms with van der Waals surface area (Å²) in [5, 5.41) is 9.76. The number of hydrogen-bond acceptors (Lipinski definition) is 4. The number of benzene rings is 1. The molecule has 0 atom stereocenters. The fourth-order valence-corrected chi connectivity index (χ4v) is 1.61. The van der Waals surface area contributed by atoms with E-state index in [1.54, 1.807) is 13.8 Å². The second kappa shape index (κ2) is 5.57. The molecule has 0 aliphatic carbocycles. The Kier molecular flexibility index (Phi) is 3.99. The smallest absolute Gasteiger partial charge is 0.246 e. The van der Waals surface area contributed by atoms with E-state index < -0.39 is 28.8 Å². The molecule has 1 aromatic heterocycles. The minimum atomic E-state index is -0.842. The summed E-state index contributed by atoms with van der Waals surface area (Å²) in [7, 11) is 0. The van der Waals surface area contributed by atoms with Crippen LogP contribution in [0.1, 0.15) is 19.5 Å². The van der Waals surface area contributed by atoms with E-state index >= 15 is 0 Å². The van der Waals surface area contributed by atoms with Crippen molar-refractivity contribution in [1.82, 2.24) is 15.0 Å². The standard InChI is InChI=1S/C13H15F2N5O/c1-13(2,16)10-6-20(19-18-10)7-11(21)17-12-8(14)4-3-5-9(12)15/h3-6H,7,16H2,1-2H3,(H,17,21). The van der Waals surface area contributed by atoms with Crippen LogP contribution in [-0.4, -0.2) is 20.9 Å². The van der Waals surface area contributed by atoms with Gasteiger partial charge in [-0.3, -0.25) is 4.79 Å². The first-order valence-electron chi connectivity index (χ1n) is 6.21. The normalized spacial score (nSPS) is 11.5. The molecule has 6 nitrogen and oxygen atoms in total. The molecule has 0 spiro atoms. The van der Waals surface area contributed by atoms with Gasteiger partial charge in [-0.15, -0.1) is 5.10 Å². The zero-order valence-electron chi connectivity index (χ0n) is 11.6. The van der Waals surface area contributed by atoms with Gasteiger partial charge >= 0.3 is 0 Å². The van der Waals surface area contributed by atoms with Crippen molar-refractivity contribution in [3.8, 4) is 0 Å². The van der Waals surface area contributed by atoms with Gasteiger partial charge in [-0.25, -0.2) is 13.5 Å². The lowest BCUT2D eigenvalue weighted by Crippen LogP contribution is -2.29. The molecule has 0 saturated carbocycles. The number of aromatic nitrogens is 3. The highest BCUT2D eigenvalue weighted by Crippen LogP contribution is 2.18. The first kappa shape index (κ1) is 15.0. The number of amides is 1. The van der Waals surface area contributed by atoms with E-state index in [4.69, 9.17) is 5.73 Å². The average molecular weight is 295 g/mol. The topological polar surface area (TPSA) is 85.8 Å². The van der Waals surface area contributed by atoms with E-state index in [0.29, 0.717) is 5.69 Å². The number of nitrogens with zero attached hydrogens (tertiary/aromatic N) is 3. The quantitative estimate of drug-likeness (QED) is 0.892. The third kappa shape index (κ3) is 3.60. The molecule has 1 amide bonds. The molecule has 1 aromatic carbocycles. The van der Waals surface area contributed by atoms with Gasteiger partial charge < -0.3 is 11.1 Å². The average Bonchev–Trinajstić information content (AvgIpc) is 2.82. The van der Waals surface area contributed by atoms with Crippen molar-refractivity contribution >= 4 is 11.6 Å². The lowest BCUT2D eigenvalue weighted by molar-refractivity contribution is -0.117. The minimum absolute atomic E-state index is 0.225. The van der Waals surface area contributed by atoms with E-state index in [2.05, 4.69) is 15.6 Å². The molecule has 1 heterocycles. The molecule has 112 valence electrons. The van der Waals surface area contributed by atoms with E-state index in [1.807, 2.05) is 0 Å². The van der Waals surface area contributed by atoms with Crippen LogP contribution in [-0.2, 0) is 16.9 Å². The number of carbonyl (C=O) groups is 1. The van der Waals surface area contributed by atoms with Crippen LogP contribution in [0.15, 0.2) is 24.4 Å². The van der Waals surface area contributed by atoms with E-state index in [1.165, 1.54) is 16.9 Å². The fourth-order valence-electron chi connectivity index (χ4n) is 1.61. The van der Waals surface area contributed by atoms with E-state index in [0.717, 1.165) is 12.1 Å². The Morgan fingerprint density at radius 2 is 2.00 bits per heavy atom. The monoisotopic (exact) mass is 295 g/mol. The number of rotatable bonds is 4. The fraction of sp³-hybridized carbons (Fsp3) is 0.308. The molecule has 0 radical (unpaired) electrons. The molecule has 0 aliphatic heterocycles. The second-order valence-corrected chi connectivity index (χ2v) is 5.17. The number of anilines is 1. The molecule has 0 aliphatic rings. The predicted octanol–water partition coefficient (Wildman–Crippen LogP) is 1.39. The molecule has 21 heavy (non-hydrogen) atoms. The van der Waals surface area contributed by atoms with Crippen molar-refractivity contribution in [1.29, 1.82) is 0 Å². The van der Waals surface area contributed by atoms with Crippen molar-refractivity contribution in [2.45, 2.75) is 25.9 Å². The van der Waals surface area contributed by atoms with Gasteiger partial charge in [0.15, 0.2) is 0 Å². The van der Waals surface area contributed by atoms with Crippen LogP contribution in [0, 0.1) is 11.6 Å². The molecule has 2 aromatic rings. The number of halogens is 2. The van der Waals surface area contributed by atoms with Gasteiger partial charge in [0.1, 0.15) is 29.6 Å². The zero-order valence-corrected chi connectivity index (χ0v) is 11.6. The minimum Gasteiger partial charge on any atom is -0.320 e. The van der Waals surface area contributed by atoms with Crippen LogP contribution in [0.4, 0.5) is 14.5 Å². The summed E-state index contributed by atoms with van der Waals surface area (Å²) in [6, 6.07) is 3.33. The van der Waals surface area contributed by atoms with Crippen molar-refractivity contribution in [2.24, 2.45) is 5.73 Å². The molecule has 2 rings (SSSR count). The van der Waals surface area contributed by atoms with Gasteiger partial charge in [0, 0.05) is 0 Å². The zero-order chi connectivity index (χ0) is 15.6. The Balaban J connectivity index is 2.07. The maximum atomic E-state index is 13.4. The van der Waals surface area contributed by atoms with Crippen molar-refractivity contribution in [2.75, 3.05) is 5.32 Å². The highest BCUT2D eigenvalue weighted by Gasteiger charge is 2.19. The molecule has 0 fully saturated rings. The molecular weight excluding hydrogens is 280 g/mol.